The van der Waals surface area contributed by atoms with Crippen LogP contribution in [0.15, 0.2) is 41.3 Å². The molecule has 2 aromatic rings. The molecule has 0 saturated carbocycles. The highest BCUT2D eigenvalue weighted by Gasteiger charge is 2.40. The summed E-state index contributed by atoms with van der Waals surface area (Å²) in [5.74, 6) is 1.27. The largest absolute Gasteiger partial charge is 0.497 e. The van der Waals surface area contributed by atoms with Crippen molar-refractivity contribution in [1.82, 2.24) is 4.31 Å². The molecule has 1 N–H and O–H groups in total. The number of hydrogen-bond donors (Lipinski definition) is 1. The molecule has 9 heteroatoms. The summed E-state index contributed by atoms with van der Waals surface area (Å²) in [5.41, 5.74) is 1.14. The van der Waals surface area contributed by atoms with Crippen LogP contribution >= 0.6 is 0 Å². The third kappa shape index (κ3) is 3.82. The van der Waals surface area contributed by atoms with Gasteiger partial charge in [-0.1, -0.05) is 6.07 Å². The number of benzene rings is 2. The number of nitrogens with one attached hydrogen (secondary N) is 1. The van der Waals surface area contributed by atoms with Crippen molar-refractivity contribution in [3.63, 3.8) is 0 Å². The van der Waals surface area contributed by atoms with E-state index >= 15 is 0 Å². The third-order valence-corrected chi connectivity index (χ3v) is 7.35. The number of rotatable bonds is 5. The van der Waals surface area contributed by atoms with Crippen molar-refractivity contribution >= 4 is 21.6 Å². The first-order valence-corrected chi connectivity index (χ1v) is 11.2. The molecule has 1 atom stereocenters. The van der Waals surface area contributed by atoms with Gasteiger partial charge in [0.05, 0.1) is 12.0 Å². The van der Waals surface area contributed by atoms with E-state index in [-0.39, 0.29) is 17.3 Å². The van der Waals surface area contributed by atoms with E-state index in [0.717, 1.165) is 0 Å². The number of nitrogens with zero attached hydrogens (tertiary/aromatic N) is 1. The highest BCUT2D eigenvalue weighted by atomic mass is 32.2. The van der Waals surface area contributed by atoms with Gasteiger partial charge in [-0.3, -0.25) is 4.79 Å². The van der Waals surface area contributed by atoms with E-state index in [9.17, 15) is 13.2 Å². The average Bonchev–Trinajstić information content (AvgIpc) is 3.25. The number of ether oxygens (including phenoxy) is 3. The summed E-state index contributed by atoms with van der Waals surface area (Å²) < 4.78 is 44.2. The molecule has 0 bridgehead atoms. The number of carbonyl (C=O) groups excluding carboxylic acids is 1. The number of carbonyl (C=O) groups is 1. The van der Waals surface area contributed by atoms with Gasteiger partial charge in [0.15, 0.2) is 11.5 Å². The van der Waals surface area contributed by atoms with Crippen LogP contribution in [0.4, 0.5) is 5.69 Å². The molecule has 1 amide bonds. The summed E-state index contributed by atoms with van der Waals surface area (Å²) in [5, 5.41) is 2.82. The number of sulfonamides is 1. The number of anilines is 1. The molecule has 8 nitrogen and oxygen atoms in total. The van der Waals surface area contributed by atoms with E-state index in [1.54, 1.807) is 37.3 Å². The van der Waals surface area contributed by atoms with Crippen LogP contribution in [0.1, 0.15) is 18.4 Å². The first-order valence-electron chi connectivity index (χ1n) is 9.77. The van der Waals surface area contributed by atoms with Gasteiger partial charge >= 0.3 is 0 Å². The first kappa shape index (κ1) is 20.5. The highest BCUT2D eigenvalue weighted by Crippen LogP contribution is 2.34. The van der Waals surface area contributed by atoms with Crippen LogP contribution in [0.5, 0.6) is 17.2 Å². The molecule has 0 aliphatic carbocycles. The Morgan fingerprint density at radius 2 is 1.90 bits per heavy atom. The van der Waals surface area contributed by atoms with Gasteiger partial charge in [-0.25, -0.2) is 8.42 Å². The van der Waals surface area contributed by atoms with Crippen molar-refractivity contribution in [2.24, 2.45) is 0 Å². The minimum Gasteiger partial charge on any atom is -0.497 e. The lowest BCUT2D eigenvalue weighted by molar-refractivity contribution is -0.119. The second-order valence-electron chi connectivity index (χ2n) is 7.25. The van der Waals surface area contributed by atoms with Crippen molar-refractivity contribution in [2.75, 3.05) is 32.2 Å². The minimum absolute atomic E-state index is 0.154. The molecule has 30 heavy (non-hydrogen) atoms. The number of amides is 1. The van der Waals surface area contributed by atoms with Gasteiger partial charge < -0.3 is 19.5 Å². The van der Waals surface area contributed by atoms with Gasteiger partial charge in [-0.2, -0.15) is 4.31 Å². The molecular weight excluding hydrogens is 408 g/mol. The predicted octanol–water partition coefficient (Wildman–Crippen LogP) is 2.57. The standard InChI is InChI=1S/C21H24N2O6S/c1-14-5-7-16(27-2)13-20(14)30(25,26)23-9-3-4-17(23)21(24)22-15-6-8-18-19(12-15)29-11-10-28-18/h5-8,12-13,17H,3-4,9-11H2,1-2H3,(H,22,24). The average molecular weight is 432 g/mol. The first-order chi connectivity index (χ1) is 14.4. The Bertz CT molecular complexity index is 1070. The predicted molar refractivity (Wildman–Crippen MR) is 111 cm³/mol. The summed E-state index contributed by atoms with van der Waals surface area (Å²) >= 11 is 0. The van der Waals surface area contributed by atoms with E-state index in [1.807, 2.05) is 0 Å². The molecule has 0 spiro atoms. The topological polar surface area (TPSA) is 94.2 Å². The summed E-state index contributed by atoms with van der Waals surface area (Å²) in [7, 11) is -2.37. The van der Waals surface area contributed by atoms with E-state index < -0.39 is 16.1 Å². The van der Waals surface area contributed by atoms with Crippen molar-refractivity contribution < 1.29 is 27.4 Å². The monoisotopic (exact) mass is 432 g/mol. The van der Waals surface area contributed by atoms with Gasteiger partial charge in [0.25, 0.3) is 0 Å². The van der Waals surface area contributed by atoms with Gasteiger partial charge in [0.2, 0.25) is 15.9 Å². The van der Waals surface area contributed by atoms with E-state index in [0.29, 0.717) is 54.6 Å². The minimum atomic E-state index is -3.85. The lowest BCUT2D eigenvalue weighted by Crippen LogP contribution is -2.43. The van der Waals surface area contributed by atoms with Crippen LogP contribution in [0.3, 0.4) is 0 Å². The molecular formula is C21H24N2O6S. The Kier molecular flexibility index (Phi) is 5.57. The molecule has 2 aromatic carbocycles. The van der Waals surface area contributed by atoms with Crippen molar-refractivity contribution in [3.8, 4) is 17.2 Å². The number of methoxy groups -OCH3 is 1. The molecule has 0 aromatic heterocycles. The van der Waals surface area contributed by atoms with Crippen LogP contribution in [0.25, 0.3) is 0 Å². The van der Waals surface area contributed by atoms with E-state index in [1.165, 1.54) is 17.5 Å². The van der Waals surface area contributed by atoms with Crippen LogP contribution in [0, 0.1) is 6.92 Å². The van der Waals surface area contributed by atoms with Crippen molar-refractivity contribution in [1.29, 1.82) is 0 Å². The number of aryl methyl sites for hydroxylation is 1. The van der Waals surface area contributed by atoms with Crippen molar-refractivity contribution in [3.05, 3.63) is 42.0 Å². The summed E-state index contributed by atoms with van der Waals surface area (Å²) in [6.45, 7) is 2.95. The fourth-order valence-electron chi connectivity index (χ4n) is 3.75. The molecule has 2 aliphatic heterocycles. The Morgan fingerprint density at radius 3 is 2.67 bits per heavy atom. The van der Waals surface area contributed by atoms with Gasteiger partial charge in [-0.15, -0.1) is 0 Å². The zero-order valence-corrected chi connectivity index (χ0v) is 17.7. The quantitative estimate of drug-likeness (QED) is 0.781. The Balaban J connectivity index is 1.56. The lowest BCUT2D eigenvalue weighted by Gasteiger charge is -2.25. The summed E-state index contributed by atoms with van der Waals surface area (Å²) in [6, 6.07) is 9.26. The molecule has 1 fully saturated rings. The van der Waals surface area contributed by atoms with Crippen LogP contribution < -0.4 is 19.5 Å². The van der Waals surface area contributed by atoms with Crippen LogP contribution in [0.2, 0.25) is 0 Å². The third-order valence-electron chi connectivity index (χ3n) is 5.30. The van der Waals surface area contributed by atoms with Crippen molar-refractivity contribution in [2.45, 2.75) is 30.7 Å². The molecule has 2 aliphatic rings. The second kappa shape index (κ2) is 8.16. The zero-order chi connectivity index (χ0) is 21.3. The highest BCUT2D eigenvalue weighted by molar-refractivity contribution is 7.89. The Hall–Kier alpha value is -2.78. The fraction of sp³-hybridized carbons (Fsp3) is 0.381. The Morgan fingerprint density at radius 1 is 1.13 bits per heavy atom. The lowest BCUT2D eigenvalue weighted by atomic mass is 10.2. The number of fused-ring (bicyclic) bond motifs is 1. The Labute approximate surface area is 175 Å². The van der Waals surface area contributed by atoms with E-state index in [4.69, 9.17) is 14.2 Å². The maximum atomic E-state index is 13.3. The molecule has 2 heterocycles. The molecule has 0 radical (unpaired) electrons. The molecule has 160 valence electrons. The SMILES string of the molecule is COc1ccc(C)c(S(=O)(=O)N2CCCC2C(=O)Nc2ccc3c(c2)OCCO3)c1. The van der Waals surface area contributed by atoms with Crippen LogP contribution in [-0.4, -0.2) is 51.5 Å². The van der Waals surface area contributed by atoms with E-state index in [2.05, 4.69) is 5.32 Å². The van der Waals surface area contributed by atoms with Gasteiger partial charge in [0.1, 0.15) is 25.0 Å². The molecule has 1 saturated heterocycles. The maximum absolute atomic E-state index is 13.3. The summed E-state index contributed by atoms with van der Waals surface area (Å²) in [4.78, 5) is 13.1. The summed E-state index contributed by atoms with van der Waals surface area (Å²) in [6.07, 6.45) is 1.07. The molecule has 4 rings (SSSR count). The fourth-order valence-corrected chi connectivity index (χ4v) is 5.65. The van der Waals surface area contributed by atoms with Gasteiger partial charge in [-0.05, 0) is 43.5 Å². The molecule has 1 unspecified atom stereocenters. The normalized spacial score (nSPS) is 18.8. The number of hydrogen-bond acceptors (Lipinski definition) is 6. The maximum Gasteiger partial charge on any atom is 0.244 e. The zero-order valence-electron chi connectivity index (χ0n) is 16.9. The van der Waals surface area contributed by atoms with Crippen LogP contribution in [-0.2, 0) is 14.8 Å². The van der Waals surface area contributed by atoms with Gasteiger partial charge in [0, 0.05) is 24.4 Å². The second-order valence-corrected chi connectivity index (χ2v) is 9.11. The smallest absolute Gasteiger partial charge is 0.244 e.